The number of esters is 1. The number of nitrogens with one attached hydrogen (secondary N) is 1. The first-order valence-electron chi connectivity index (χ1n) is 8.80. The van der Waals surface area contributed by atoms with Gasteiger partial charge in [0.15, 0.2) is 11.5 Å². The van der Waals surface area contributed by atoms with Crippen molar-refractivity contribution in [1.82, 2.24) is 5.32 Å². The van der Waals surface area contributed by atoms with Crippen LogP contribution in [0.4, 0.5) is 0 Å². The van der Waals surface area contributed by atoms with Crippen molar-refractivity contribution in [2.24, 2.45) is 0 Å². The summed E-state index contributed by atoms with van der Waals surface area (Å²) in [6.45, 7) is 0.548. The van der Waals surface area contributed by atoms with Crippen molar-refractivity contribution < 1.29 is 23.8 Å². The molecule has 0 aliphatic heterocycles. The number of carbonyl (C=O) groups excluding carboxylic acids is 2. The molecule has 1 N–H and O–H groups in total. The van der Waals surface area contributed by atoms with Crippen LogP contribution in [-0.2, 0) is 21.7 Å². The van der Waals surface area contributed by atoms with Crippen molar-refractivity contribution in [3.8, 4) is 11.5 Å². The van der Waals surface area contributed by atoms with Gasteiger partial charge in [-0.1, -0.05) is 18.2 Å². The molecular weight excluding hydrogens is 378 g/mol. The standard InChI is InChI=1S/C21H25NO5S/c1-25-18-8-7-15(12-19(18)26-2)9-10-22-20(23)14-28-13-16-5-4-6-17(11-16)21(24)27-3/h4-8,11-12H,9-10,13-14H2,1-3H3,(H,22,23). The van der Waals surface area contributed by atoms with Gasteiger partial charge < -0.3 is 19.5 Å². The van der Waals surface area contributed by atoms with Crippen LogP contribution in [0.25, 0.3) is 0 Å². The Labute approximate surface area is 169 Å². The lowest BCUT2D eigenvalue weighted by molar-refractivity contribution is -0.118. The maximum absolute atomic E-state index is 12.0. The lowest BCUT2D eigenvalue weighted by atomic mass is 10.1. The summed E-state index contributed by atoms with van der Waals surface area (Å²) < 4.78 is 15.2. The lowest BCUT2D eigenvalue weighted by Crippen LogP contribution is -2.27. The fourth-order valence-electron chi connectivity index (χ4n) is 2.60. The van der Waals surface area contributed by atoms with E-state index in [0.717, 1.165) is 11.1 Å². The van der Waals surface area contributed by atoms with Gasteiger partial charge in [-0.05, 0) is 41.8 Å². The summed E-state index contributed by atoms with van der Waals surface area (Å²) in [6.07, 6.45) is 0.706. The molecule has 150 valence electrons. The van der Waals surface area contributed by atoms with E-state index < -0.39 is 0 Å². The zero-order valence-corrected chi connectivity index (χ0v) is 17.1. The Morgan fingerprint density at radius 3 is 2.46 bits per heavy atom. The van der Waals surface area contributed by atoms with Gasteiger partial charge in [-0.15, -0.1) is 11.8 Å². The average Bonchev–Trinajstić information content (AvgIpc) is 2.73. The van der Waals surface area contributed by atoms with Crippen molar-refractivity contribution in [3.05, 3.63) is 59.2 Å². The van der Waals surface area contributed by atoms with Crippen molar-refractivity contribution in [2.45, 2.75) is 12.2 Å². The predicted octanol–water partition coefficient (Wildman–Crippen LogP) is 3.08. The summed E-state index contributed by atoms with van der Waals surface area (Å²) in [6, 6.07) is 13.0. The molecule has 1 amide bonds. The van der Waals surface area contributed by atoms with Gasteiger partial charge in [0.25, 0.3) is 0 Å². The Morgan fingerprint density at radius 1 is 0.964 bits per heavy atom. The van der Waals surface area contributed by atoms with Crippen molar-refractivity contribution in [1.29, 1.82) is 0 Å². The monoisotopic (exact) mass is 403 g/mol. The second kappa shape index (κ2) is 11.2. The summed E-state index contributed by atoms with van der Waals surface area (Å²) >= 11 is 1.50. The van der Waals surface area contributed by atoms with Gasteiger partial charge in [0.1, 0.15) is 0 Å². The molecule has 0 heterocycles. The SMILES string of the molecule is COC(=O)c1cccc(CSCC(=O)NCCc2ccc(OC)c(OC)c2)c1. The third-order valence-electron chi connectivity index (χ3n) is 4.03. The molecule has 2 rings (SSSR count). The minimum Gasteiger partial charge on any atom is -0.493 e. The van der Waals surface area contributed by atoms with E-state index in [2.05, 4.69) is 5.32 Å². The van der Waals surface area contributed by atoms with E-state index in [0.29, 0.717) is 41.5 Å². The fourth-order valence-corrected chi connectivity index (χ4v) is 3.41. The van der Waals surface area contributed by atoms with E-state index in [1.54, 1.807) is 26.4 Å². The fraction of sp³-hybridized carbons (Fsp3) is 0.333. The quantitative estimate of drug-likeness (QED) is 0.615. The molecule has 0 aromatic heterocycles. The molecule has 0 saturated carbocycles. The first-order valence-corrected chi connectivity index (χ1v) is 9.95. The topological polar surface area (TPSA) is 73.9 Å². The number of benzene rings is 2. The summed E-state index contributed by atoms with van der Waals surface area (Å²) in [7, 11) is 4.55. The molecule has 0 aliphatic rings. The Morgan fingerprint density at radius 2 is 1.75 bits per heavy atom. The maximum Gasteiger partial charge on any atom is 0.337 e. The van der Waals surface area contributed by atoms with Crippen molar-refractivity contribution >= 4 is 23.6 Å². The molecule has 7 heteroatoms. The van der Waals surface area contributed by atoms with E-state index in [-0.39, 0.29) is 11.9 Å². The largest absolute Gasteiger partial charge is 0.493 e. The molecule has 0 bridgehead atoms. The number of thioether (sulfide) groups is 1. The zero-order chi connectivity index (χ0) is 20.4. The summed E-state index contributed by atoms with van der Waals surface area (Å²) in [4.78, 5) is 23.6. The molecule has 6 nitrogen and oxygen atoms in total. The first-order chi connectivity index (χ1) is 13.6. The molecule has 0 unspecified atom stereocenters. The van der Waals surface area contributed by atoms with Crippen LogP contribution in [-0.4, -0.2) is 45.5 Å². The van der Waals surface area contributed by atoms with E-state index in [9.17, 15) is 9.59 Å². The highest BCUT2D eigenvalue weighted by molar-refractivity contribution is 7.99. The number of rotatable bonds is 10. The summed E-state index contributed by atoms with van der Waals surface area (Å²) in [5.74, 6) is 1.98. The number of amides is 1. The number of methoxy groups -OCH3 is 3. The van der Waals surface area contributed by atoms with Crippen LogP contribution in [0.1, 0.15) is 21.5 Å². The number of hydrogen-bond acceptors (Lipinski definition) is 6. The van der Waals surface area contributed by atoms with Crippen molar-refractivity contribution in [2.75, 3.05) is 33.6 Å². The van der Waals surface area contributed by atoms with Gasteiger partial charge in [0, 0.05) is 12.3 Å². The Bertz CT molecular complexity index is 809. The molecule has 0 spiro atoms. The Kier molecular flexibility index (Phi) is 8.68. The van der Waals surface area contributed by atoms with Crippen LogP contribution in [0.2, 0.25) is 0 Å². The van der Waals surface area contributed by atoms with Gasteiger partial charge in [-0.2, -0.15) is 0 Å². The van der Waals surface area contributed by atoms with E-state index in [4.69, 9.17) is 14.2 Å². The minimum atomic E-state index is -0.361. The molecule has 0 radical (unpaired) electrons. The van der Waals surface area contributed by atoms with Gasteiger partial charge in [0.05, 0.1) is 32.6 Å². The summed E-state index contributed by atoms with van der Waals surface area (Å²) in [5.41, 5.74) is 2.55. The third kappa shape index (κ3) is 6.49. The van der Waals surface area contributed by atoms with Crippen LogP contribution in [0.15, 0.2) is 42.5 Å². The third-order valence-corrected chi connectivity index (χ3v) is 5.04. The minimum absolute atomic E-state index is 0.0189. The molecule has 28 heavy (non-hydrogen) atoms. The van der Waals surface area contributed by atoms with E-state index in [1.165, 1.54) is 18.9 Å². The van der Waals surface area contributed by atoms with Crippen LogP contribution in [0.5, 0.6) is 11.5 Å². The molecule has 0 saturated heterocycles. The highest BCUT2D eigenvalue weighted by Gasteiger charge is 2.08. The lowest BCUT2D eigenvalue weighted by Gasteiger charge is -2.10. The van der Waals surface area contributed by atoms with Crippen LogP contribution in [0.3, 0.4) is 0 Å². The Hall–Kier alpha value is -2.67. The predicted molar refractivity (Wildman–Crippen MR) is 110 cm³/mol. The molecule has 0 aliphatic carbocycles. The van der Waals surface area contributed by atoms with Gasteiger partial charge in [0.2, 0.25) is 5.91 Å². The van der Waals surface area contributed by atoms with Gasteiger partial charge in [-0.25, -0.2) is 4.79 Å². The summed E-state index contributed by atoms with van der Waals surface area (Å²) in [5, 5.41) is 2.92. The van der Waals surface area contributed by atoms with Crippen LogP contribution >= 0.6 is 11.8 Å². The second-order valence-electron chi connectivity index (χ2n) is 5.97. The second-order valence-corrected chi connectivity index (χ2v) is 6.96. The van der Waals surface area contributed by atoms with E-state index in [1.807, 2.05) is 30.3 Å². The number of carbonyl (C=O) groups is 2. The number of ether oxygens (including phenoxy) is 3. The Balaban J connectivity index is 1.73. The van der Waals surface area contributed by atoms with Crippen LogP contribution < -0.4 is 14.8 Å². The highest BCUT2D eigenvalue weighted by atomic mass is 32.2. The molecule has 0 fully saturated rings. The average molecular weight is 404 g/mol. The zero-order valence-electron chi connectivity index (χ0n) is 16.3. The van der Waals surface area contributed by atoms with Crippen LogP contribution in [0, 0.1) is 0 Å². The molecule has 2 aromatic carbocycles. The first kappa shape index (κ1) is 21.6. The molecule has 0 atom stereocenters. The normalized spacial score (nSPS) is 10.2. The van der Waals surface area contributed by atoms with Gasteiger partial charge in [-0.3, -0.25) is 4.79 Å². The van der Waals surface area contributed by atoms with E-state index >= 15 is 0 Å². The molecular formula is C21H25NO5S. The number of hydrogen-bond donors (Lipinski definition) is 1. The smallest absolute Gasteiger partial charge is 0.337 e. The highest BCUT2D eigenvalue weighted by Crippen LogP contribution is 2.27. The van der Waals surface area contributed by atoms with Gasteiger partial charge >= 0.3 is 5.97 Å². The van der Waals surface area contributed by atoms with Crippen molar-refractivity contribution in [3.63, 3.8) is 0 Å². The molecule has 2 aromatic rings. The maximum atomic E-state index is 12.0.